The second-order valence-electron chi connectivity index (χ2n) is 17.8. The molecule has 1 aliphatic rings. The van der Waals surface area contributed by atoms with E-state index < -0.39 is 86.5 Å². The molecule has 0 spiro atoms. The molecule has 3 unspecified atom stereocenters. The molecule has 0 heterocycles. The van der Waals surface area contributed by atoms with Gasteiger partial charge in [-0.2, -0.15) is 4.31 Å². The van der Waals surface area contributed by atoms with Gasteiger partial charge in [0.05, 0.1) is 27.5 Å². The molecule has 14 nitrogen and oxygen atoms in total. The van der Waals surface area contributed by atoms with Crippen LogP contribution in [0.15, 0.2) is 77.7 Å². The van der Waals surface area contributed by atoms with Crippen LogP contribution < -0.4 is 10.6 Å². The van der Waals surface area contributed by atoms with Crippen molar-refractivity contribution in [3.8, 4) is 0 Å². The van der Waals surface area contributed by atoms with Crippen LogP contribution in [0.25, 0.3) is 0 Å². The first-order valence-electron chi connectivity index (χ1n) is 19.7. The molecule has 59 heavy (non-hydrogen) atoms. The van der Waals surface area contributed by atoms with Crippen LogP contribution in [0.4, 0.5) is 14.9 Å². The molecule has 1 saturated carbocycles. The van der Waals surface area contributed by atoms with E-state index in [-0.39, 0.29) is 35.0 Å². The maximum atomic E-state index is 14.4. The van der Waals surface area contributed by atoms with Crippen molar-refractivity contribution in [3.05, 3.63) is 105 Å². The summed E-state index contributed by atoms with van der Waals surface area (Å²) in [4.78, 5) is 54.0. The van der Waals surface area contributed by atoms with Gasteiger partial charge in [0.1, 0.15) is 24.0 Å². The SMILES string of the molecule is Cc1ccc(S(=O)(=O)N(CC(C)C)CC(O)C(Cc2ccccc2)NC(=O)C(NC(=O)CN(C(=O)OC(C)(C)C)C2(c3cccc(F)c3)CC2)C(C)(C)C)cc1[N+](=O)[O-]. The van der Waals surface area contributed by atoms with Gasteiger partial charge in [-0.05, 0) is 87.6 Å². The maximum Gasteiger partial charge on any atom is 0.411 e. The van der Waals surface area contributed by atoms with Crippen LogP contribution in [-0.4, -0.2) is 89.0 Å². The number of nitrogens with one attached hydrogen (secondary N) is 2. The average Bonchev–Trinajstić information content (AvgIpc) is 3.93. The highest BCUT2D eigenvalue weighted by atomic mass is 32.2. The number of nitro benzene ring substituents is 1. The molecule has 3 amide bonds. The standard InChI is InChI=1S/C43H58FN5O9S/c1-28(2)25-47(59(56,57)33-19-18-29(3)35(24-33)49(54)55)26-36(50)34(22-30-14-11-10-12-15-30)45-39(52)38(41(4,5)6)46-37(51)27-48(40(53)58-42(7,8)9)43(20-21-43)31-16-13-17-32(44)23-31/h10-19,23-24,28,34,36,38,50H,20-22,25-27H2,1-9H3,(H,45,52)(H,46,51). The Morgan fingerprint density at radius 2 is 1.59 bits per heavy atom. The third kappa shape index (κ3) is 12.3. The summed E-state index contributed by atoms with van der Waals surface area (Å²) in [5, 5.41) is 29.2. The van der Waals surface area contributed by atoms with Crippen molar-refractivity contribution in [1.82, 2.24) is 19.8 Å². The number of amides is 3. The second kappa shape index (κ2) is 18.6. The van der Waals surface area contributed by atoms with E-state index in [1.807, 2.05) is 0 Å². The predicted molar refractivity (Wildman–Crippen MR) is 221 cm³/mol. The summed E-state index contributed by atoms with van der Waals surface area (Å²) < 4.78 is 49.2. The number of nitro groups is 1. The van der Waals surface area contributed by atoms with Crippen molar-refractivity contribution >= 4 is 33.6 Å². The zero-order valence-electron chi connectivity index (χ0n) is 35.3. The number of aliphatic hydroxyl groups excluding tert-OH is 1. The number of sulfonamides is 1. The first-order chi connectivity index (χ1) is 27.3. The summed E-state index contributed by atoms with van der Waals surface area (Å²) in [5.41, 5.74) is -1.67. The van der Waals surface area contributed by atoms with Crippen LogP contribution in [-0.2, 0) is 36.3 Å². The van der Waals surface area contributed by atoms with Crippen LogP contribution in [0.2, 0.25) is 0 Å². The first-order valence-corrected chi connectivity index (χ1v) is 21.1. The Balaban J connectivity index is 1.64. The van der Waals surface area contributed by atoms with Crippen LogP contribution in [0, 0.1) is 34.2 Å². The van der Waals surface area contributed by atoms with E-state index in [9.17, 15) is 42.4 Å². The highest BCUT2D eigenvalue weighted by molar-refractivity contribution is 7.89. The first kappa shape index (κ1) is 46.8. The summed E-state index contributed by atoms with van der Waals surface area (Å²) in [5.74, 6) is -2.07. The number of carbonyl (C=O) groups is 3. The molecule has 0 radical (unpaired) electrons. The summed E-state index contributed by atoms with van der Waals surface area (Å²) >= 11 is 0. The molecule has 3 aromatic rings. The molecule has 0 saturated heterocycles. The van der Waals surface area contributed by atoms with Gasteiger partial charge in [0.2, 0.25) is 21.8 Å². The fraction of sp³-hybridized carbons (Fsp3) is 0.512. The molecule has 0 aliphatic heterocycles. The minimum atomic E-state index is -4.38. The summed E-state index contributed by atoms with van der Waals surface area (Å²) in [7, 11) is -4.38. The lowest BCUT2D eigenvalue weighted by molar-refractivity contribution is -0.385. The van der Waals surface area contributed by atoms with E-state index in [4.69, 9.17) is 4.74 Å². The zero-order valence-corrected chi connectivity index (χ0v) is 36.1. The van der Waals surface area contributed by atoms with Crippen molar-refractivity contribution in [3.63, 3.8) is 0 Å². The molecule has 3 atom stereocenters. The Bertz CT molecular complexity index is 2100. The zero-order chi connectivity index (χ0) is 44.1. The van der Waals surface area contributed by atoms with Crippen molar-refractivity contribution in [2.45, 2.75) is 116 Å². The quantitative estimate of drug-likeness (QED) is 0.105. The van der Waals surface area contributed by atoms with Gasteiger partial charge >= 0.3 is 6.09 Å². The third-order valence-electron chi connectivity index (χ3n) is 10.0. The molecule has 3 N–H and O–H groups in total. The van der Waals surface area contributed by atoms with Crippen LogP contribution in [0.1, 0.15) is 84.9 Å². The van der Waals surface area contributed by atoms with Crippen LogP contribution in [0.3, 0.4) is 0 Å². The number of aryl methyl sites for hydroxylation is 1. The molecule has 0 bridgehead atoms. The van der Waals surface area contributed by atoms with E-state index in [1.165, 1.54) is 42.2 Å². The highest BCUT2D eigenvalue weighted by Crippen LogP contribution is 2.51. The van der Waals surface area contributed by atoms with E-state index in [0.717, 1.165) is 15.9 Å². The topological polar surface area (TPSA) is 188 Å². The van der Waals surface area contributed by atoms with Gasteiger partial charge in [-0.25, -0.2) is 17.6 Å². The Labute approximate surface area is 346 Å². The van der Waals surface area contributed by atoms with Gasteiger partial charge in [0.25, 0.3) is 5.69 Å². The Morgan fingerprint density at radius 1 is 0.949 bits per heavy atom. The van der Waals surface area contributed by atoms with Crippen LogP contribution >= 0.6 is 0 Å². The van der Waals surface area contributed by atoms with E-state index in [1.54, 1.807) is 91.8 Å². The number of hydrogen-bond donors (Lipinski definition) is 3. The van der Waals surface area contributed by atoms with Crippen molar-refractivity contribution in [2.24, 2.45) is 11.3 Å². The molecule has 322 valence electrons. The number of ether oxygens (including phenoxy) is 1. The Kier molecular flexibility index (Phi) is 14.7. The Hall–Kier alpha value is -4.93. The maximum absolute atomic E-state index is 14.4. The number of carbonyl (C=O) groups excluding carboxylic acids is 3. The van der Waals surface area contributed by atoms with E-state index in [2.05, 4.69) is 10.6 Å². The van der Waals surface area contributed by atoms with Gasteiger partial charge in [0, 0.05) is 24.7 Å². The molecule has 0 aromatic heterocycles. The van der Waals surface area contributed by atoms with Crippen LogP contribution in [0.5, 0.6) is 0 Å². The minimum Gasteiger partial charge on any atom is -0.444 e. The summed E-state index contributed by atoms with van der Waals surface area (Å²) in [6.45, 7) is 14.3. The average molecular weight is 840 g/mol. The normalized spacial score (nSPS) is 15.5. The lowest BCUT2D eigenvalue weighted by Crippen LogP contribution is -2.60. The largest absolute Gasteiger partial charge is 0.444 e. The molecule has 1 fully saturated rings. The lowest BCUT2D eigenvalue weighted by atomic mass is 9.85. The van der Waals surface area contributed by atoms with Crippen molar-refractivity contribution < 1.29 is 42.0 Å². The van der Waals surface area contributed by atoms with Gasteiger partial charge in [0.15, 0.2) is 0 Å². The lowest BCUT2D eigenvalue weighted by Gasteiger charge is -2.36. The molecule has 16 heteroatoms. The monoisotopic (exact) mass is 839 g/mol. The number of nitrogens with zero attached hydrogens (tertiary/aromatic N) is 3. The van der Waals surface area contributed by atoms with E-state index in [0.29, 0.717) is 18.4 Å². The van der Waals surface area contributed by atoms with Crippen molar-refractivity contribution in [2.75, 3.05) is 19.6 Å². The number of hydrogen-bond acceptors (Lipinski definition) is 9. The highest BCUT2D eigenvalue weighted by Gasteiger charge is 2.53. The Morgan fingerprint density at radius 3 is 2.14 bits per heavy atom. The fourth-order valence-electron chi connectivity index (χ4n) is 6.87. The van der Waals surface area contributed by atoms with E-state index >= 15 is 0 Å². The molecular weight excluding hydrogens is 782 g/mol. The van der Waals surface area contributed by atoms with Gasteiger partial charge < -0.3 is 20.5 Å². The van der Waals surface area contributed by atoms with Gasteiger partial charge in [-0.15, -0.1) is 0 Å². The number of halogens is 1. The van der Waals surface area contributed by atoms with Gasteiger partial charge in [-0.3, -0.25) is 24.6 Å². The fourth-order valence-corrected chi connectivity index (χ4v) is 8.51. The molecular formula is C43H58FN5O9S. The third-order valence-corrected chi connectivity index (χ3v) is 11.8. The number of benzene rings is 3. The minimum absolute atomic E-state index is 0.0427. The predicted octanol–water partition coefficient (Wildman–Crippen LogP) is 6.23. The molecule has 3 aromatic carbocycles. The van der Waals surface area contributed by atoms with Gasteiger partial charge in [-0.1, -0.05) is 83.1 Å². The number of aliphatic hydroxyl groups is 1. The molecule has 4 rings (SSSR count). The summed E-state index contributed by atoms with van der Waals surface area (Å²) in [6.07, 6.45) is -1.29. The van der Waals surface area contributed by atoms with Crippen molar-refractivity contribution in [1.29, 1.82) is 0 Å². The number of rotatable bonds is 17. The smallest absolute Gasteiger partial charge is 0.411 e. The second-order valence-corrected chi connectivity index (χ2v) is 19.7. The summed E-state index contributed by atoms with van der Waals surface area (Å²) in [6, 6.07) is 16.1. The molecule has 1 aliphatic carbocycles.